The molecule has 2 aromatic carbocycles. The van der Waals surface area contributed by atoms with Gasteiger partial charge in [-0.05, 0) is 85.9 Å². The van der Waals surface area contributed by atoms with Gasteiger partial charge in [0.1, 0.15) is 11.5 Å². The lowest BCUT2D eigenvalue weighted by molar-refractivity contribution is -0.140. The van der Waals surface area contributed by atoms with Gasteiger partial charge >= 0.3 is 0 Å². The Kier molecular flexibility index (Phi) is 8.22. The number of benzene rings is 2. The number of likely N-dealkylation sites (tertiary alicyclic amines) is 1. The summed E-state index contributed by atoms with van der Waals surface area (Å²) in [5, 5.41) is 16.7. The summed E-state index contributed by atoms with van der Waals surface area (Å²) < 4.78 is 7.97. The number of aryl methyl sites for hydroxylation is 2. The van der Waals surface area contributed by atoms with E-state index in [1.165, 1.54) is 16.9 Å². The molecule has 2 aromatic heterocycles. The lowest BCUT2D eigenvalue weighted by Crippen LogP contribution is -2.49. The summed E-state index contributed by atoms with van der Waals surface area (Å²) in [5.41, 5.74) is 2.12. The Hall–Kier alpha value is -4.74. The molecule has 1 N–H and O–H groups in total. The standard InChI is InChI=1S/C40H39ClN4O6S/c1-6-15-44-36(47)24-11-10-23-26(34(24)38(44)49)18-28-37(48)45(39(50)40(28,3)27(23)12-7-21-8-13-30(46)31(16-21)51-5)33-19-29(42-43(33)4)35-20(2)25-17-22(41)9-14-32(25)52-35/h7-10,12-14,16-17,19,24,26-28,34,46H,6,11,15,18H2,1-5H3. The van der Waals surface area contributed by atoms with Crippen LogP contribution < -0.4 is 9.64 Å². The Morgan fingerprint density at radius 3 is 2.62 bits per heavy atom. The maximum Gasteiger partial charge on any atom is 0.242 e. The molecule has 4 heterocycles. The van der Waals surface area contributed by atoms with Crippen molar-refractivity contribution in [2.24, 2.45) is 42.1 Å². The van der Waals surface area contributed by atoms with Crippen LogP contribution in [0.2, 0.25) is 5.02 Å². The Labute approximate surface area is 310 Å². The number of rotatable bonds is 7. The van der Waals surface area contributed by atoms with E-state index in [0.717, 1.165) is 31.7 Å². The van der Waals surface area contributed by atoms with E-state index in [2.05, 4.69) is 0 Å². The van der Waals surface area contributed by atoms with Crippen LogP contribution in [0, 0.1) is 41.9 Å². The first-order chi connectivity index (χ1) is 24.9. The third-order valence-corrected chi connectivity index (χ3v) is 13.3. The number of carbonyl (C=O) groups excluding carboxylic acids is 4. The Morgan fingerprint density at radius 1 is 1.08 bits per heavy atom. The van der Waals surface area contributed by atoms with Crippen molar-refractivity contribution in [3.63, 3.8) is 0 Å². The van der Waals surface area contributed by atoms with E-state index in [9.17, 15) is 24.3 Å². The van der Waals surface area contributed by atoms with E-state index in [1.54, 1.807) is 47.3 Å². The predicted octanol–water partition coefficient (Wildman–Crippen LogP) is 7.16. The van der Waals surface area contributed by atoms with Gasteiger partial charge < -0.3 is 9.84 Å². The van der Waals surface area contributed by atoms with Crippen molar-refractivity contribution in [3.8, 4) is 22.1 Å². The SMILES string of the molecule is CCCN1C(=O)C2CC=C3C(CC4C(=O)N(c5cc(-c6sc7ccc(Cl)cc7c6C)nn5C)C(=O)C4(C)C3C=Cc3ccc(O)c(OC)c3)C2C1=O. The van der Waals surface area contributed by atoms with E-state index < -0.39 is 29.1 Å². The molecule has 2 saturated heterocycles. The number of hydrogen-bond donors (Lipinski definition) is 1. The number of allylic oxidation sites excluding steroid dienone is 3. The highest BCUT2D eigenvalue weighted by molar-refractivity contribution is 7.22. The molecular weight excluding hydrogens is 700 g/mol. The summed E-state index contributed by atoms with van der Waals surface area (Å²) in [5.74, 6) is -3.08. The molecule has 52 heavy (non-hydrogen) atoms. The average molecular weight is 739 g/mol. The molecule has 2 aliphatic carbocycles. The van der Waals surface area contributed by atoms with Gasteiger partial charge in [0, 0.05) is 35.3 Å². The zero-order valence-corrected chi connectivity index (χ0v) is 31.1. The number of thiophene rings is 1. The predicted molar refractivity (Wildman–Crippen MR) is 200 cm³/mol. The topological polar surface area (TPSA) is 122 Å². The van der Waals surface area contributed by atoms with E-state index in [1.807, 2.05) is 57.2 Å². The van der Waals surface area contributed by atoms with Crippen molar-refractivity contribution in [3.05, 3.63) is 76.3 Å². The number of anilines is 1. The van der Waals surface area contributed by atoms with Gasteiger partial charge in [-0.2, -0.15) is 5.10 Å². The molecular formula is C40H39ClN4O6S. The van der Waals surface area contributed by atoms with Gasteiger partial charge in [0.05, 0.1) is 35.2 Å². The molecule has 0 spiro atoms. The first kappa shape index (κ1) is 34.4. The molecule has 1 saturated carbocycles. The number of fused-ring (bicyclic) bond motifs is 5. The number of phenolic OH excluding ortho intramolecular Hbond substituents is 1. The van der Waals surface area contributed by atoms with Crippen molar-refractivity contribution in [1.29, 1.82) is 0 Å². The monoisotopic (exact) mass is 738 g/mol. The highest BCUT2D eigenvalue weighted by Crippen LogP contribution is 2.61. The molecule has 4 aliphatic rings. The van der Waals surface area contributed by atoms with Crippen molar-refractivity contribution < 1.29 is 29.0 Å². The fourth-order valence-electron chi connectivity index (χ4n) is 9.17. The molecule has 3 fully saturated rings. The van der Waals surface area contributed by atoms with Crippen molar-refractivity contribution >= 4 is 68.5 Å². The molecule has 4 amide bonds. The number of phenols is 1. The van der Waals surface area contributed by atoms with Crippen LogP contribution in [0.1, 0.15) is 44.2 Å². The zero-order valence-electron chi connectivity index (χ0n) is 29.6. The Balaban J connectivity index is 1.22. The van der Waals surface area contributed by atoms with E-state index in [4.69, 9.17) is 21.4 Å². The minimum absolute atomic E-state index is 0.00359. The number of hydrogen-bond acceptors (Lipinski definition) is 8. The zero-order chi connectivity index (χ0) is 36.8. The Morgan fingerprint density at radius 2 is 1.87 bits per heavy atom. The number of imide groups is 2. The molecule has 10 nitrogen and oxygen atoms in total. The molecule has 4 aromatic rings. The summed E-state index contributed by atoms with van der Waals surface area (Å²) in [6.45, 7) is 6.17. The number of aromatic hydroxyl groups is 1. The molecule has 6 unspecified atom stereocenters. The molecule has 6 atom stereocenters. The fraction of sp³-hybridized carbons (Fsp3) is 0.375. The minimum atomic E-state index is -1.19. The van der Waals surface area contributed by atoms with E-state index in [0.29, 0.717) is 41.7 Å². The molecule has 12 heteroatoms. The smallest absolute Gasteiger partial charge is 0.242 e. The highest BCUT2D eigenvalue weighted by Gasteiger charge is 2.67. The normalized spacial score (nSPS) is 27.1. The lowest BCUT2D eigenvalue weighted by atomic mass is 9.52. The second-order valence-electron chi connectivity index (χ2n) is 14.5. The second-order valence-corrected chi connectivity index (χ2v) is 16.0. The van der Waals surface area contributed by atoms with Crippen LogP contribution in [-0.4, -0.2) is 57.1 Å². The summed E-state index contributed by atoms with van der Waals surface area (Å²) in [7, 11) is 3.21. The van der Waals surface area contributed by atoms with Crippen molar-refractivity contribution in [2.45, 2.75) is 40.0 Å². The average Bonchev–Trinajstić information content (AvgIpc) is 3.79. The summed E-state index contributed by atoms with van der Waals surface area (Å²) >= 11 is 7.89. The summed E-state index contributed by atoms with van der Waals surface area (Å²) in [6, 6.07) is 12.6. The third kappa shape index (κ3) is 4.92. The van der Waals surface area contributed by atoms with E-state index >= 15 is 0 Å². The maximum absolute atomic E-state index is 14.9. The minimum Gasteiger partial charge on any atom is -0.504 e. The maximum atomic E-state index is 14.9. The lowest BCUT2D eigenvalue weighted by Gasteiger charge is -2.47. The van der Waals surface area contributed by atoms with Gasteiger partial charge in [0.2, 0.25) is 23.6 Å². The highest BCUT2D eigenvalue weighted by atomic mass is 35.5. The molecule has 8 rings (SSSR count). The number of halogens is 1. The number of amides is 4. The van der Waals surface area contributed by atoms with Gasteiger partial charge in [-0.1, -0.05) is 48.4 Å². The first-order valence-corrected chi connectivity index (χ1v) is 18.8. The van der Waals surface area contributed by atoms with Crippen LogP contribution in [0.5, 0.6) is 11.5 Å². The summed E-state index contributed by atoms with van der Waals surface area (Å²) in [4.78, 5) is 60.7. The van der Waals surface area contributed by atoms with Crippen LogP contribution in [0.3, 0.4) is 0 Å². The Bertz CT molecular complexity index is 2270. The van der Waals surface area contributed by atoms with Gasteiger partial charge in [-0.15, -0.1) is 11.3 Å². The third-order valence-electron chi connectivity index (χ3n) is 11.8. The second kappa shape index (κ2) is 12.4. The van der Waals surface area contributed by atoms with Crippen LogP contribution in [0.15, 0.2) is 60.2 Å². The van der Waals surface area contributed by atoms with Crippen LogP contribution in [0.25, 0.3) is 26.7 Å². The number of methoxy groups -OCH3 is 1. The number of ether oxygens (including phenoxy) is 1. The van der Waals surface area contributed by atoms with Crippen molar-refractivity contribution in [1.82, 2.24) is 14.7 Å². The first-order valence-electron chi connectivity index (χ1n) is 17.6. The van der Waals surface area contributed by atoms with Crippen molar-refractivity contribution in [2.75, 3.05) is 18.6 Å². The number of carbonyl (C=O) groups is 4. The largest absolute Gasteiger partial charge is 0.504 e. The van der Waals surface area contributed by atoms with Crippen LogP contribution in [-0.2, 0) is 26.2 Å². The molecule has 268 valence electrons. The molecule has 0 radical (unpaired) electrons. The van der Waals surface area contributed by atoms with Crippen LogP contribution >= 0.6 is 22.9 Å². The molecule has 0 bridgehead atoms. The number of nitrogens with zero attached hydrogens (tertiary/aromatic N) is 4. The van der Waals surface area contributed by atoms with Gasteiger partial charge in [0.15, 0.2) is 11.5 Å². The summed E-state index contributed by atoms with van der Waals surface area (Å²) in [6.07, 6.45) is 7.19. The van der Waals surface area contributed by atoms with Gasteiger partial charge in [-0.25, -0.2) is 4.90 Å². The number of aromatic nitrogens is 2. The molecule has 2 aliphatic heterocycles. The van der Waals surface area contributed by atoms with Gasteiger partial charge in [0.25, 0.3) is 0 Å². The fourth-order valence-corrected chi connectivity index (χ4v) is 10.5. The quantitative estimate of drug-likeness (QED) is 0.158. The van der Waals surface area contributed by atoms with Crippen LogP contribution in [0.4, 0.5) is 5.82 Å². The van der Waals surface area contributed by atoms with Gasteiger partial charge in [-0.3, -0.25) is 28.8 Å². The van der Waals surface area contributed by atoms with E-state index in [-0.39, 0.29) is 41.7 Å².